The van der Waals surface area contributed by atoms with Crippen molar-refractivity contribution >= 4 is 18.3 Å². The van der Waals surface area contributed by atoms with Crippen LogP contribution in [0.5, 0.6) is 5.75 Å². The first-order valence-corrected chi connectivity index (χ1v) is 8.16. The third kappa shape index (κ3) is 7.01. The van der Waals surface area contributed by atoms with Gasteiger partial charge in [-0.2, -0.15) is 13.2 Å². The summed E-state index contributed by atoms with van der Waals surface area (Å²) in [6.45, 7) is 1.60. The van der Waals surface area contributed by atoms with Crippen LogP contribution < -0.4 is 15.8 Å². The lowest BCUT2D eigenvalue weighted by Gasteiger charge is -2.26. The van der Waals surface area contributed by atoms with Crippen LogP contribution in [0.25, 0.3) is 0 Å². The number of rotatable bonds is 6. The van der Waals surface area contributed by atoms with Crippen molar-refractivity contribution in [1.29, 1.82) is 0 Å². The summed E-state index contributed by atoms with van der Waals surface area (Å²) in [5.41, 5.74) is 7.23. The largest absolute Gasteiger partial charge is 0.484 e. The Morgan fingerprint density at radius 3 is 2.65 bits per heavy atom. The molecular weight excluding hydrogens is 373 g/mol. The second-order valence-electron chi connectivity index (χ2n) is 6.21. The molecule has 1 atom stereocenters. The molecule has 9 heteroatoms. The van der Waals surface area contributed by atoms with Crippen LogP contribution in [0, 0.1) is 12.8 Å². The van der Waals surface area contributed by atoms with Crippen LogP contribution in [0.1, 0.15) is 24.0 Å². The van der Waals surface area contributed by atoms with E-state index in [-0.39, 0.29) is 36.5 Å². The topological polar surface area (TPSA) is 73.6 Å². The van der Waals surface area contributed by atoms with Gasteiger partial charge in [0, 0.05) is 25.3 Å². The van der Waals surface area contributed by atoms with E-state index in [1.54, 1.807) is 19.1 Å². The number of alkyl halides is 3. The first-order valence-electron chi connectivity index (χ1n) is 8.16. The van der Waals surface area contributed by atoms with E-state index < -0.39 is 18.8 Å². The van der Waals surface area contributed by atoms with Crippen molar-refractivity contribution in [3.8, 4) is 5.75 Å². The van der Waals surface area contributed by atoms with Gasteiger partial charge in [0.15, 0.2) is 6.61 Å². The average molecular weight is 397 g/mol. The predicted octanol–water partition coefficient (Wildman–Crippen LogP) is 2.73. The molecule has 5 nitrogen and oxygen atoms in total. The standard InChI is InChI=1S/C17H23F3N2O3.ClH/c1-11-2-3-13(14(8-11)25-10-17(18,19)20)9-22-16(23)15(21)12-4-6-24-7-5-12;/h2-3,8,12,15H,4-7,9-10,21H2,1H3,(H,22,23);1H. The Balaban J connectivity index is 0.00000338. The zero-order valence-corrected chi connectivity index (χ0v) is 15.3. The molecule has 0 saturated carbocycles. The minimum Gasteiger partial charge on any atom is -0.484 e. The number of nitrogens with one attached hydrogen (secondary N) is 1. The van der Waals surface area contributed by atoms with Gasteiger partial charge >= 0.3 is 6.18 Å². The first-order chi connectivity index (χ1) is 11.8. The maximum Gasteiger partial charge on any atom is 0.422 e. The zero-order chi connectivity index (χ0) is 18.4. The number of amides is 1. The van der Waals surface area contributed by atoms with E-state index in [2.05, 4.69) is 5.32 Å². The molecule has 0 bridgehead atoms. The zero-order valence-electron chi connectivity index (χ0n) is 14.5. The molecule has 0 aliphatic carbocycles. The quantitative estimate of drug-likeness (QED) is 0.775. The number of benzene rings is 1. The van der Waals surface area contributed by atoms with Gasteiger partial charge in [0.2, 0.25) is 5.91 Å². The Kier molecular flexibility index (Phi) is 8.66. The lowest BCUT2D eigenvalue weighted by atomic mass is 9.92. The van der Waals surface area contributed by atoms with Crippen molar-refractivity contribution in [3.63, 3.8) is 0 Å². The molecule has 1 aliphatic rings. The summed E-state index contributed by atoms with van der Waals surface area (Å²) in [5.74, 6) is -0.167. The number of ether oxygens (including phenoxy) is 2. The van der Waals surface area contributed by atoms with Gasteiger partial charge < -0.3 is 20.5 Å². The van der Waals surface area contributed by atoms with Crippen LogP contribution in [0.15, 0.2) is 18.2 Å². The van der Waals surface area contributed by atoms with E-state index in [0.717, 1.165) is 18.4 Å². The van der Waals surface area contributed by atoms with E-state index in [1.807, 2.05) is 0 Å². The normalized spacial score (nSPS) is 16.5. The Hall–Kier alpha value is -1.51. The summed E-state index contributed by atoms with van der Waals surface area (Å²) >= 11 is 0. The van der Waals surface area contributed by atoms with Gasteiger partial charge in [0.1, 0.15) is 5.75 Å². The van der Waals surface area contributed by atoms with Crippen LogP contribution in [0.3, 0.4) is 0 Å². The Labute approximate surface area is 156 Å². The van der Waals surface area contributed by atoms with E-state index in [9.17, 15) is 18.0 Å². The first kappa shape index (κ1) is 22.5. The molecule has 148 valence electrons. The van der Waals surface area contributed by atoms with E-state index in [1.165, 1.54) is 6.07 Å². The van der Waals surface area contributed by atoms with Crippen LogP contribution in [0.2, 0.25) is 0 Å². The van der Waals surface area contributed by atoms with Crippen molar-refractivity contribution in [3.05, 3.63) is 29.3 Å². The summed E-state index contributed by atoms with van der Waals surface area (Å²) in [6.07, 6.45) is -2.98. The average Bonchev–Trinajstić information content (AvgIpc) is 2.58. The van der Waals surface area contributed by atoms with E-state index in [4.69, 9.17) is 15.2 Å². The monoisotopic (exact) mass is 396 g/mol. The van der Waals surface area contributed by atoms with Gasteiger partial charge in [-0.3, -0.25) is 4.79 Å². The maximum atomic E-state index is 12.4. The van der Waals surface area contributed by atoms with Crippen molar-refractivity contribution in [1.82, 2.24) is 5.32 Å². The molecular formula is C17H24ClF3N2O3. The van der Waals surface area contributed by atoms with Crippen LogP contribution in [0.4, 0.5) is 13.2 Å². The maximum absolute atomic E-state index is 12.4. The number of carbonyl (C=O) groups excluding carboxylic acids is 1. The second-order valence-corrected chi connectivity index (χ2v) is 6.21. The van der Waals surface area contributed by atoms with Gasteiger partial charge in [-0.25, -0.2) is 0 Å². The summed E-state index contributed by atoms with van der Waals surface area (Å²) in [7, 11) is 0. The molecule has 1 amide bonds. The highest BCUT2D eigenvalue weighted by atomic mass is 35.5. The van der Waals surface area contributed by atoms with E-state index >= 15 is 0 Å². The fourth-order valence-corrected chi connectivity index (χ4v) is 2.69. The summed E-state index contributed by atoms with van der Waals surface area (Å²) in [6, 6.07) is 4.25. The van der Waals surface area contributed by atoms with Gasteiger partial charge in [-0.05, 0) is 37.3 Å². The van der Waals surface area contributed by atoms with Crippen molar-refractivity contribution in [2.45, 2.75) is 38.5 Å². The molecule has 1 heterocycles. The molecule has 0 spiro atoms. The highest BCUT2D eigenvalue weighted by Crippen LogP contribution is 2.24. The summed E-state index contributed by atoms with van der Waals surface area (Å²) in [5, 5.41) is 2.69. The van der Waals surface area contributed by atoms with E-state index in [0.29, 0.717) is 18.8 Å². The van der Waals surface area contributed by atoms with Gasteiger partial charge in [0.25, 0.3) is 0 Å². The molecule has 26 heavy (non-hydrogen) atoms. The number of carbonyl (C=O) groups is 1. The number of hydrogen-bond donors (Lipinski definition) is 2. The molecule has 0 radical (unpaired) electrons. The molecule has 2 rings (SSSR count). The van der Waals surface area contributed by atoms with Crippen molar-refractivity contribution in [2.24, 2.45) is 11.7 Å². The number of aryl methyl sites for hydroxylation is 1. The minimum atomic E-state index is -4.42. The number of hydrogen-bond acceptors (Lipinski definition) is 4. The summed E-state index contributed by atoms with van der Waals surface area (Å²) < 4.78 is 47.2. The second kappa shape index (κ2) is 9.99. The number of halogens is 4. The minimum absolute atomic E-state index is 0. The third-order valence-corrected chi connectivity index (χ3v) is 4.14. The fourth-order valence-electron chi connectivity index (χ4n) is 2.69. The van der Waals surface area contributed by atoms with Crippen LogP contribution >= 0.6 is 12.4 Å². The van der Waals surface area contributed by atoms with Crippen molar-refractivity contribution < 1.29 is 27.4 Å². The molecule has 0 aromatic heterocycles. The molecule has 1 aromatic rings. The molecule has 1 saturated heterocycles. The Morgan fingerprint density at radius 1 is 1.38 bits per heavy atom. The predicted molar refractivity (Wildman–Crippen MR) is 93.3 cm³/mol. The van der Waals surface area contributed by atoms with Gasteiger partial charge in [-0.1, -0.05) is 12.1 Å². The Bertz CT molecular complexity index is 593. The molecule has 1 aromatic carbocycles. The highest BCUT2D eigenvalue weighted by Gasteiger charge is 2.29. The lowest BCUT2D eigenvalue weighted by Crippen LogP contribution is -2.46. The van der Waals surface area contributed by atoms with Gasteiger partial charge in [-0.15, -0.1) is 12.4 Å². The molecule has 1 aliphatic heterocycles. The van der Waals surface area contributed by atoms with Gasteiger partial charge in [0.05, 0.1) is 6.04 Å². The lowest BCUT2D eigenvalue weighted by molar-refractivity contribution is -0.153. The molecule has 3 N–H and O–H groups in total. The SMILES string of the molecule is Cc1ccc(CNC(=O)C(N)C2CCOCC2)c(OCC(F)(F)F)c1.Cl. The molecule has 1 fully saturated rings. The Morgan fingerprint density at radius 2 is 2.04 bits per heavy atom. The van der Waals surface area contributed by atoms with Crippen LogP contribution in [-0.2, 0) is 16.1 Å². The third-order valence-electron chi connectivity index (χ3n) is 4.14. The smallest absolute Gasteiger partial charge is 0.422 e. The summed E-state index contributed by atoms with van der Waals surface area (Å²) in [4.78, 5) is 12.2. The highest BCUT2D eigenvalue weighted by molar-refractivity contribution is 5.85. The van der Waals surface area contributed by atoms with Crippen molar-refractivity contribution in [2.75, 3.05) is 19.8 Å². The fraction of sp³-hybridized carbons (Fsp3) is 0.588. The number of nitrogens with two attached hydrogens (primary N) is 1. The molecule has 1 unspecified atom stereocenters. The van der Waals surface area contributed by atoms with Crippen LogP contribution in [-0.4, -0.2) is 37.9 Å².